The quantitative estimate of drug-likeness (QED) is 0.649. The molecule has 2 rings (SSSR count). The van der Waals surface area contributed by atoms with Crippen LogP contribution in [0, 0.1) is 10.1 Å². The standard InChI is InChI=1S/C11H16N2O3S/c1-3-12(8-4-5-8)11-9(13(15)16)6-10(17-11)7(2)14/h6-8,14H,3-5H2,1-2H3. The largest absolute Gasteiger partial charge is 0.388 e. The zero-order chi connectivity index (χ0) is 12.6. The molecule has 1 aliphatic rings. The van der Waals surface area contributed by atoms with Crippen LogP contribution in [0.5, 0.6) is 0 Å². The van der Waals surface area contributed by atoms with Crippen molar-refractivity contribution in [2.24, 2.45) is 0 Å². The second-order valence-electron chi connectivity index (χ2n) is 4.29. The van der Waals surface area contributed by atoms with Crippen molar-refractivity contribution in [2.75, 3.05) is 11.4 Å². The second-order valence-corrected chi connectivity index (χ2v) is 5.35. The molecule has 1 atom stereocenters. The third-order valence-electron chi connectivity index (χ3n) is 2.91. The molecule has 1 fully saturated rings. The van der Waals surface area contributed by atoms with Gasteiger partial charge in [-0.15, -0.1) is 11.3 Å². The first-order valence-electron chi connectivity index (χ1n) is 5.77. The van der Waals surface area contributed by atoms with E-state index in [-0.39, 0.29) is 10.6 Å². The number of anilines is 1. The van der Waals surface area contributed by atoms with Crippen LogP contribution in [0.15, 0.2) is 6.07 Å². The highest BCUT2D eigenvalue weighted by Crippen LogP contribution is 2.44. The number of hydrogen-bond acceptors (Lipinski definition) is 5. The van der Waals surface area contributed by atoms with Gasteiger partial charge in [-0.05, 0) is 26.7 Å². The Morgan fingerprint density at radius 3 is 2.76 bits per heavy atom. The molecule has 94 valence electrons. The minimum Gasteiger partial charge on any atom is -0.388 e. The molecule has 0 aliphatic heterocycles. The Morgan fingerprint density at radius 1 is 1.71 bits per heavy atom. The summed E-state index contributed by atoms with van der Waals surface area (Å²) in [7, 11) is 0. The van der Waals surface area contributed by atoms with Gasteiger partial charge in [-0.2, -0.15) is 0 Å². The van der Waals surface area contributed by atoms with Crippen LogP contribution in [0.3, 0.4) is 0 Å². The Balaban J connectivity index is 2.38. The van der Waals surface area contributed by atoms with Crippen molar-refractivity contribution >= 4 is 22.0 Å². The summed E-state index contributed by atoms with van der Waals surface area (Å²) in [6.45, 7) is 4.40. The van der Waals surface area contributed by atoms with Crippen molar-refractivity contribution in [3.63, 3.8) is 0 Å². The van der Waals surface area contributed by atoms with Crippen LogP contribution in [0.2, 0.25) is 0 Å². The minimum absolute atomic E-state index is 0.125. The zero-order valence-corrected chi connectivity index (χ0v) is 10.7. The normalized spacial score (nSPS) is 16.9. The van der Waals surface area contributed by atoms with E-state index in [9.17, 15) is 15.2 Å². The van der Waals surface area contributed by atoms with Crippen molar-refractivity contribution in [1.82, 2.24) is 0 Å². The first-order chi connectivity index (χ1) is 8.04. The molecule has 1 aromatic heterocycles. The molecule has 1 N–H and O–H groups in total. The summed E-state index contributed by atoms with van der Waals surface area (Å²) in [5, 5.41) is 21.2. The number of aliphatic hydroxyl groups excluding tert-OH is 1. The summed E-state index contributed by atoms with van der Waals surface area (Å²) in [5.74, 6) is 0. The number of nitrogens with zero attached hydrogens (tertiary/aromatic N) is 2. The van der Waals surface area contributed by atoms with Crippen LogP contribution in [-0.4, -0.2) is 22.6 Å². The van der Waals surface area contributed by atoms with Crippen molar-refractivity contribution < 1.29 is 10.0 Å². The number of rotatable bonds is 5. The molecule has 17 heavy (non-hydrogen) atoms. The van der Waals surface area contributed by atoms with Crippen LogP contribution in [0.1, 0.15) is 37.7 Å². The van der Waals surface area contributed by atoms with E-state index in [4.69, 9.17) is 0 Å². The van der Waals surface area contributed by atoms with Crippen molar-refractivity contribution in [3.8, 4) is 0 Å². The van der Waals surface area contributed by atoms with Gasteiger partial charge in [-0.1, -0.05) is 0 Å². The summed E-state index contributed by atoms with van der Waals surface area (Å²) in [6.07, 6.45) is 1.56. The van der Waals surface area contributed by atoms with Gasteiger partial charge >= 0.3 is 5.69 Å². The first kappa shape index (κ1) is 12.3. The highest BCUT2D eigenvalue weighted by atomic mass is 32.1. The van der Waals surface area contributed by atoms with E-state index in [1.54, 1.807) is 6.92 Å². The van der Waals surface area contributed by atoms with Gasteiger partial charge in [0.05, 0.1) is 11.0 Å². The second kappa shape index (κ2) is 4.62. The Labute approximate surface area is 104 Å². The Kier molecular flexibility index (Phi) is 3.35. The molecule has 1 saturated carbocycles. The summed E-state index contributed by atoms with van der Waals surface area (Å²) < 4.78 is 0. The van der Waals surface area contributed by atoms with E-state index in [1.165, 1.54) is 17.4 Å². The molecular formula is C11H16N2O3S. The fraction of sp³-hybridized carbons (Fsp3) is 0.636. The Hall–Kier alpha value is -1.14. The number of hydrogen-bond donors (Lipinski definition) is 1. The highest BCUT2D eigenvalue weighted by molar-refractivity contribution is 7.16. The number of thiophene rings is 1. The molecule has 1 aromatic rings. The monoisotopic (exact) mass is 256 g/mol. The molecule has 0 amide bonds. The maximum Gasteiger partial charge on any atom is 0.304 e. The van der Waals surface area contributed by atoms with Crippen LogP contribution in [-0.2, 0) is 0 Å². The predicted octanol–water partition coefficient (Wildman–Crippen LogP) is 2.70. The molecule has 1 aliphatic carbocycles. The SMILES string of the molecule is CCN(c1sc(C(C)O)cc1[N+](=O)[O-])C1CC1. The van der Waals surface area contributed by atoms with Gasteiger partial charge < -0.3 is 10.0 Å². The zero-order valence-electron chi connectivity index (χ0n) is 9.92. The summed E-state index contributed by atoms with van der Waals surface area (Å²) in [5.41, 5.74) is 0.125. The Morgan fingerprint density at radius 2 is 2.35 bits per heavy atom. The van der Waals surface area contributed by atoms with Gasteiger partial charge in [0, 0.05) is 23.5 Å². The number of nitro groups is 1. The molecule has 5 nitrogen and oxygen atoms in total. The lowest BCUT2D eigenvalue weighted by Crippen LogP contribution is -2.24. The summed E-state index contributed by atoms with van der Waals surface area (Å²) >= 11 is 1.33. The molecule has 0 bridgehead atoms. The van der Waals surface area contributed by atoms with Crippen molar-refractivity contribution in [1.29, 1.82) is 0 Å². The molecule has 1 unspecified atom stereocenters. The summed E-state index contributed by atoms with van der Waals surface area (Å²) in [6, 6.07) is 1.94. The van der Waals surface area contributed by atoms with Gasteiger partial charge in [-0.25, -0.2) is 0 Å². The Bertz CT molecular complexity index is 426. The smallest absolute Gasteiger partial charge is 0.304 e. The average molecular weight is 256 g/mol. The van der Waals surface area contributed by atoms with E-state index < -0.39 is 6.10 Å². The van der Waals surface area contributed by atoms with E-state index in [0.29, 0.717) is 15.9 Å². The third-order valence-corrected chi connectivity index (χ3v) is 4.24. The minimum atomic E-state index is -0.648. The fourth-order valence-electron chi connectivity index (χ4n) is 1.89. The lowest BCUT2D eigenvalue weighted by Gasteiger charge is -2.19. The maximum atomic E-state index is 11.0. The molecule has 0 aromatic carbocycles. The van der Waals surface area contributed by atoms with E-state index >= 15 is 0 Å². The molecule has 0 saturated heterocycles. The van der Waals surface area contributed by atoms with Gasteiger partial charge in [0.15, 0.2) is 5.00 Å². The lowest BCUT2D eigenvalue weighted by atomic mass is 10.3. The predicted molar refractivity (Wildman–Crippen MR) is 67.6 cm³/mol. The fourth-order valence-corrected chi connectivity index (χ4v) is 3.08. The van der Waals surface area contributed by atoms with Gasteiger partial charge in [0.2, 0.25) is 0 Å². The van der Waals surface area contributed by atoms with Crippen molar-refractivity contribution in [3.05, 3.63) is 21.1 Å². The van der Waals surface area contributed by atoms with Gasteiger partial charge in [0.1, 0.15) is 0 Å². The third kappa shape index (κ3) is 2.42. The van der Waals surface area contributed by atoms with Crippen molar-refractivity contribution in [2.45, 2.75) is 38.8 Å². The molecule has 1 heterocycles. The van der Waals surface area contributed by atoms with Crippen LogP contribution >= 0.6 is 11.3 Å². The topological polar surface area (TPSA) is 66.6 Å². The van der Waals surface area contributed by atoms with Crippen LogP contribution < -0.4 is 4.90 Å². The molecule has 0 radical (unpaired) electrons. The number of aliphatic hydroxyl groups is 1. The molecular weight excluding hydrogens is 240 g/mol. The summed E-state index contributed by atoms with van der Waals surface area (Å²) in [4.78, 5) is 13.4. The first-order valence-corrected chi connectivity index (χ1v) is 6.59. The highest BCUT2D eigenvalue weighted by Gasteiger charge is 2.34. The maximum absolute atomic E-state index is 11.0. The average Bonchev–Trinajstić information content (AvgIpc) is 2.97. The van der Waals surface area contributed by atoms with E-state index in [0.717, 1.165) is 19.4 Å². The lowest BCUT2D eigenvalue weighted by molar-refractivity contribution is -0.383. The van der Waals surface area contributed by atoms with Crippen LogP contribution in [0.4, 0.5) is 10.7 Å². The molecule has 0 spiro atoms. The van der Waals surface area contributed by atoms with E-state index in [1.807, 2.05) is 6.92 Å². The van der Waals surface area contributed by atoms with Gasteiger partial charge in [-0.3, -0.25) is 10.1 Å². The van der Waals surface area contributed by atoms with E-state index in [2.05, 4.69) is 4.90 Å². The molecule has 6 heteroatoms. The van der Waals surface area contributed by atoms with Crippen LogP contribution in [0.25, 0.3) is 0 Å². The van der Waals surface area contributed by atoms with Gasteiger partial charge in [0.25, 0.3) is 0 Å².